The van der Waals surface area contributed by atoms with Crippen LogP contribution in [0.1, 0.15) is 33.1 Å². The highest BCUT2D eigenvalue weighted by Crippen LogP contribution is 2.68. The predicted octanol–water partition coefficient (Wildman–Crippen LogP) is 8.27. The Bertz CT molecular complexity index is 1350. The molecule has 0 bridgehead atoms. The number of allylic oxidation sites excluding steroid dienone is 7. The summed E-state index contributed by atoms with van der Waals surface area (Å²) >= 11 is 7.53. The highest BCUT2D eigenvalue weighted by Gasteiger charge is 2.58. The lowest BCUT2D eigenvalue weighted by atomic mass is 9.72. The van der Waals surface area contributed by atoms with Gasteiger partial charge in [-0.2, -0.15) is 10.5 Å². The van der Waals surface area contributed by atoms with E-state index in [1.54, 1.807) is 6.08 Å². The third-order valence-electron chi connectivity index (χ3n) is 7.08. The van der Waals surface area contributed by atoms with Gasteiger partial charge in [0.15, 0.2) is 0 Å². The van der Waals surface area contributed by atoms with Crippen LogP contribution < -0.4 is 0 Å². The number of hydrogen-bond acceptors (Lipinski definition) is 6. The maximum atomic E-state index is 9.28. The minimum absolute atomic E-state index is 0.0884. The molecule has 6 rings (SSSR count). The summed E-state index contributed by atoms with van der Waals surface area (Å²) in [4.78, 5) is 5.04. The van der Waals surface area contributed by atoms with Crippen LogP contribution in [0.5, 0.6) is 0 Å². The van der Waals surface area contributed by atoms with Crippen LogP contribution in [0.2, 0.25) is 0 Å². The number of benzene rings is 1. The van der Waals surface area contributed by atoms with E-state index in [4.69, 9.17) is 0 Å². The minimum atomic E-state index is -0.131. The summed E-state index contributed by atoms with van der Waals surface area (Å²) in [6, 6.07) is 12.7. The Morgan fingerprint density at radius 1 is 0.879 bits per heavy atom. The van der Waals surface area contributed by atoms with Crippen molar-refractivity contribution in [2.45, 2.75) is 52.4 Å². The van der Waals surface area contributed by atoms with Crippen molar-refractivity contribution in [2.75, 3.05) is 0 Å². The lowest BCUT2D eigenvalue weighted by Gasteiger charge is -2.47. The van der Waals surface area contributed by atoms with Gasteiger partial charge in [-0.15, -0.1) is 23.5 Å². The van der Waals surface area contributed by atoms with E-state index < -0.39 is 0 Å². The Kier molecular flexibility index (Phi) is 5.09. The monoisotopic (exact) mass is 500 g/mol. The Hall–Kier alpha value is -1.96. The number of thioether (sulfide) groups is 4. The van der Waals surface area contributed by atoms with Crippen molar-refractivity contribution in [2.24, 2.45) is 0 Å². The Balaban J connectivity index is 1.40. The largest absolute Gasteiger partial charge is 0.192 e. The molecule has 2 aliphatic carbocycles. The maximum absolute atomic E-state index is 9.28. The average Bonchev–Trinajstić information content (AvgIpc) is 3.56. The first-order valence-electron chi connectivity index (χ1n) is 10.9. The molecule has 33 heavy (non-hydrogen) atoms. The van der Waals surface area contributed by atoms with E-state index in [9.17, 15) is 10.5 Å². The van der Waals surface area contributed by atoms with Crippen LogP contribution in [0.25, 0.3) is 0 Å². The summed E-state index contributed by atoms with van der Waals surface area (Å²) in [6.45, 7) is 4.75. The van der Waals surface area contributed by atoms with Crippen LogP contribution in [0.15, 0.2) is 100 Å². The second-order valence-electron chi connectivity index (χ2n) is 8.90. The molecular weight excluding hydrogens is 481 g/mol. The van der Waals surface area contributed by atoms with E-state index in [-0.39, 0.29) is 15.1 Å². The standard InChI is InChI=1S/C27H20N2S4/c1-26-21(11-17(32-26)10-16(14-28)15-29)19-6-5-7-20(19)22-12-18(33-27(22,26)2)13-25-30-23-8-3-4-9-24(23)31-25/h3-4,8-13H,5-7H2,1-2H3. The van der Waals surface area contributed by atoms with E-state index in [0.29, 0.717) is 0 Å². The lowest BCUT2D eigenvalue weighted by Crippen LogP contribution is -2.47. The minimum Gasteiger partial charge on any atom is -0.192 e. The molecule has 5 aliphatic rings. The zero-order valence-corrected chi connectivity index (χ0v) is 21.5. The summed E-state index contributed by atoms with van der Waals surface area (Å²) in [6.07, 6.45) is 12.3. The van der Waals surface area contributed by atoms with Gasteiger partial charge < -0.3 is 0 Å². The van der Waals surface area contributed by atoms with Crippen molar-refractivity contribution in [3.8, 4) is 12.1 Å². The molecule has 0 saturated heterocycles. The fourth-order valence-corrected chi connectivity index (χ4v) is 11.0. The van der Waals surface area contributed by atoms with Gasteiger partial charge >= 0.3 is 0 Å². The van der Waals surface area contributed by atoms with Gasteiger partial charge in [0, 0.05) is 19.6 Å². The number of hydrogen-bond donors (Lipinski definition) is 0. The first-order chi connectivity index (χ1) is 15.9. The number of fused-ring (bicyclic) bond motifs is 5. The summed E-state index contributed by atoms with van der Waals surface area (Å²) in [5.41, 5.74) is 6.09. The molecule has 1 fully saturated rings. The molecule has 2 nitrogen and oxygen atoms in total. The Morgan fingerprint density at radius 3 is 2.00 bits per heavy atom. The van der Waals surface area contributed by atoms with Crippen LogP contribution in [-0.2, 0) is 0 Å². The molecule has 2 atom stereocenters. The molecule has 0 spiro atoms. The van der Waals surface area contributed by atoms with Crippen LogP contribution >= 0.6 is 47.0 Å². The summed E-state index contributed by atoms with van der Waals surface area (Å²) in [5.74, 6) is 0. The molecule has 1 aromatic rings. The summed E-state index contributed by atoms with van der Waals surface area (Å²) in [5, 5.41) is 18.6. The van der Waals surface area contributed by atoms with Crippen LogP contribution in [0.4, 0.5) is 0 Å². The maximum Gasteiger partial charge on any atom is 0.130 e. The smallest absolute Gasteiger partial charge is 0.130 e. The predicted molar refractivity (Wildman–Crippen MR) is 142 cm³/mol. The average molecular weight is 501 g/mol. The highest BCUT2D eigenvalue weighted by molar-refractivity contribution is 8.24. The summed E-state index contributed by atoms with van der Waals surface area (Å²) < 4.78 is 1.11. The molecule has 0 amide bonds. The normalized spacial score (nSPS) is 28.9. The molecule has 0 N–H and O–H groups in total. The van der Waals surface area contributed by atoms with Crippen LogP contribution in [0, 0.1) is 22.7 Å². The van der Waals surface area contributed by atoms with Crippen molar-refractivity contribution >= 4 is 47.0 Å². The van der Waals surface area contributed by atoms with E-state index in [1.807, 2.05) is 59.2 Å². The van der Waals surface area contributed by atoms with E-state index in [2.05, 4.69) is 56.3 Å². The molecule has 2 unspecified atom stereocenters. The molecule has 3 heterocycles. The zero-order valence-electron chi connectivity index (χ0n) is 18.3. The van der Waals surface area contributed by atoms with Gasteiger partial charge in [0.2, 0.25) is 0 Å². The first kappa shape index (κ1) is 21.6. The quantitative estimate of drug-likeness (QED) is 0.381. The molecule has 1 saturated carbocycles. The Morgan fingerprint density at radius 2 is 1.42 bits per heavy atom. The zero-order chi connectivity index (χ0) is 22.8. The summed E-state index contributed by atoms with van der Waals surface area (Å²) in [7, 11) is 0. The molecule has 1 aromatic carbocycles. The second-order valence-corrected chi connectivity index (χ2v) is 14.3. The SMILES string of the molecule is CC12SC(C=C(C#N)C#N)=CC1=C1CCCC1=C1C=C(C=C3Sc4ccccc4S3)SC12C. The van der Waals surface area contributed by atoms with Gasteiger partial charge in [-0.3, -0.25) is 0 Å². The number of nitrogens with zero attached hydrogens (tertiary/aromatic N) is 2. The molecular formula is C27H20N2S4. The fraction of sp³-hybridized carbons (Fsp3) is 0.259. The molecule has 0 aromatic heterocycles. The van der Waals surface area contributed by atoms with Gasteiger partial charge in [-0.05, 0) is 91.8 Å². The molecule has 0 radical (unpaired) electrons. The fourth-order valence-electron chi connectivity index (χ4n) is 5.40. The van der Waals surface area contributed by atoms with Gasteiger partial charge in [0.1, 0.15) is 17.7 Å². The first-order valence-corrected chi connectivity index (χ1v) is 14.2. The van der Waals surface area contributed by atoms with E-state index in [0.717, 1.165) is 17.7 Å². The van der Waals surface area contributed by atoms with Crippen molar-refractivity contribution in [3.63, 3.8) is 0 Å². The van der Waals surface area contributed by atoms with Crippen molar-refractivity contribution in [1.29, 1.82) is 10.5 Å². The third kappa shape index (κ3) is 3.19. The lowest BCUT2D eigenvalue weighted by molar-refractivity contribution is 0.607. The van der Waals surface area contributed by atoms with Crippen molar-refractivity contribution in [3.05, 3.63) is 90.5 Å². The van der Waals surface area contributed by atoms with Crippen molar-refractivity contribution < 1.29 is 0 Å². The molecule has 3 aliphatic heterocycles. The third-order valence-corrected chi connectivity index (χ3v) is 12.6. The number of nitriles is 2. The highest BCUT2D eigenvalue weighted by atomic mass is 32.2. The number of rotatable bonds is 2. The Labute approximate surface area is 211 Å². The van der Waals surface area contributed by atoms with Gasteiger partial charge in [0.25, 0.3) is 0 Å². The van der Waals surface area contributed by atoms with Gasteiger partial charge in [-0.25, -0.2) is 0 Å². The van der Waals surface area contributed by atoms with E-state index in [1.165, 1.54) is 47.6 Å². The van der Waals surface area contributed by atoms with Crippen molar-refractivity contribution in [1.82, 2.24) is 0 Å². The molecule has 162 valence electrons. The van der Waals surface area contributed by atoms with Gasteiger partial charge in [-0.1, -0.05) is 35.7 Å². The van der Waals surface area contributed by atoms with Gasteiger partial charge in [0.05, 0.1) is 13.7 Å². The van der Waals surface area contributed by atoms with E-state index >= 15 is 0 Å². The second kappa shape index (κ2) is 7.79. The molecule has 6 heteroatoms. The van der Waals surface area contributed by atoms with Crippen LogP contribution in [-0.4, -0.2) is 9.49 Å². The van der Waals surface area contributed by atoms with Crippen LogP contribution in [0.3, 0.4) is 0 Å². The topological polar surface area (TPSA) is 47.6 Å².